The summed E-state index contributed by atoms with van der Waals surface area (Å²) in [5.74, 6) is 0. The molecule has 0 bridgehead atoms. The van der Waals surface area contributed by atoms with E-state index >= 15 is 0 Å². The first-order valence-corrected chi connectivity index (χ1v) is 9.84. The quantitative estimate of drug-likeness (QED) is 0.594. The van der Waals surface area contributed by atoms with E-state index in [2.05, 4.69) is 26.0 Å². The van der Waals surface area contributed by atoms with Crippen molar-refractivity contribution >= 4 is 26.0 Å². The molecule has 1 aromatic carbocycles. The van der Waals surface area contributed by atoms with Crippen molar-refractivity contribution in [3.63, 3.8) is 0 Å². The number of halogens is 1. The minimum absolute atomic E-state index is 0.298. The maximum atomic E-state index is 12.1. The third-order valence-corrected chi connectivity index (χ3v) is 5.76. The second kappa shape index (κ2) is 8.27. The van der Waals surface area contributed by atoms with Gasteiger partial charge in [-0.15, -0.1) is 0 Å². The predicted octanol–water partition coefficient (Wildman–Crippen LogP) is 3.04. The first kappa shape index (κ1) is 16.9. The van der Waals surface area contributed by atoms with Gasteiger partial charge in [0, 0.05) is 23.6 Å². The van der Waals surface area contributed by atoms with Crippen LogP contribution in [-0.4, -0.2) is 27.5 Å². The monoisotopic (exact) mass is 374 g/mol. The van der Waals surface area contributed by atoms with Crippen LogP contribution in [0.3, 0.4) is 0 Å². The van der Waals surface area contributed by atoms with Crippen molar-refractivity contribution in [2.45, 2.75) is 49.5 Å². The van der Waals surface area contributed by atoms with Gasteiger partial charge in [-0.3, -0.25) is 0 Å². The lowest BCUT2D eigenvalue weighted by molar-refractivity contribution is 0.461. The lowest BCUT2D eigenvalue weighted by atomic mass is 10.1. The van der Waals surface area contributed by atoms with Crippen molar-refractivity contribution < 1.29 is 8.42 Å². The summed E-state index contributed by atoms with van der Waals surface area (Å²) in [6, 6.07) is 7.30. The summed E-state index contributed by atoms with van der Waals surface area (Å²) in [6.45, 7) is 1.10. The Balaban J connectivity index is 1.77. The number of hydrogen-bond donors (Lipinski definition) is 2. The molecule has 1 aromatic rings. The molecule has 2 rings (SSSR count). The molecule has 1 aliphatic rings. The maximum absolute atomic E-state index is 12.1. The van der Waals surface area contributed by atoms with Gasteiger partial charge in [-0.25, -0.2) is 13.1 Å². The van der Waals surface area contributed by atoms with E-state index in [1.165, 1.54) is 38.5 Å². The first-order chi connectivity index (χ1) is 10.1. The van der Waals surface area contributed by atoms with Gasteiger partial charge in [0.1, 0.15) is 0 Å². The minimum atomic E-state index is -3.41. The van der Waals surface area contributed by atoms with Gasteiger partial charge in [0.15, 0.2) is 0 Å². The second-order valence-electron chi connectivity index (χ2n) is 5.50. The standard InChI is InChI=1S/C15H23BrN2O2S/c16-13-6-5-9-15(12-13)21(19,20)18-11-10-17-14-7-3-1-2-4-8-14/h5-6,9,12,14,17-18H,1-4,7-8,10-11H2. The fourth-order valence-electron chi connectivity index (χ4n) is 2.66. The fraction of sp³-hybridized carbons (Fsp3) is 0.600. The average molecular weight is 375 g/mol. The van der Waals surface area contributed by atoms with E-state index in [0.29, 0.717) is 24.0 Å². The van der Waals surface area contributed by atoms with E-state index in [1.54, 1.807) is 18.2 Å². The maximum Gasteiger partial charge on any atom is 0.240 e. The van der Waals surface area contributed by atoms with Crippen LogP contribution in [0.25, 0.3) is 0 Å². The highest BCUT2D eigenvalue weighted by Gasteiger charge is 2.14. The molecule has 21 heavy (non-hydrogen) atoms. The molecule has 0 aromatic heterocycles. The van der Waals surface area contributed by atoms with Crippen LogP contribution in [-0.2, 0) is 10.0 Å². The molecular weight excluding hydrogens is 352 g/mol. The Labute approximate surface area is 135 Å². The molecular formula is C15H23BrN2O2S. The highest BCUT2D eigenvalue weighted by Crippen LogP contribution is 2.17. The van der Waals surface area contributed by atoms with Crippen LogP contribution in [0.4, 0.5) is 0 Å². The van der Waals surface area contributed by atoms with Crippen molar-refractivity contribution in [3.05, 3.63) is 28.7 Å². The molecule has 0 heterocycles. The average Bonchev–Trinajstić information content (AvgIpc) is 2.72. The van der Waals surface area contributed by atoms with Crippen LogP contribution >= 0.6 is 15.9 Å². The Kier molecular flexibility index (Phi) is 6.67. The van der Waals surface area contributed by atoms with E-state index in [-0.39, 0.29) is 0 Å². The number of hydrogen-bond acceptors (Lipinski definition) is 3. The highest BCUT2D eigenvalue weighted by atomic mass is 79.9. The van der Waals surface area contributed by atoms with Gasteiger partial charge in [-0.05, 0) is 31.0 Å². The number of sulfonamides is 1. The van der Waals surface area contributed by atoms with Gasteiger partial charge in [-0.1, -0.05) is 47.7 Å². The minimum Gasteiger partial charge on any atom is -0.313 e. The normalized spacial score (nSPS) is 17.6. The van der Waals surface area contributed by atoms with Crippen molar-refractivity contribution in [1.29, 1.82) is 0 Å². The zero-order valence-corrected chi connectivity index (χ0v) is 14.5. The summed E-state index contributed by atoms with van der Waals surface area (Å²) in [7, 11) is -3.41. The Hall–Kier alpha value is -0.430. The van der Waals surface area contributed by atoms with Crippen molar-refractivity contribution in [3.8, 4) is 0 Å². The lowest BCUT2D eigenvalue weighted by Crippen LogP contribution is -2.36. The van der Waals surface area contributed by atoms with Crippen LogP contribution in [0.1, 0.15) is 38.5 Å². The van der Waals surface area contributed by atoms with Crippen LogP contribution in [0, 0.1) is 0 Å². The Morgan fingerprint density at radius 1 is 1.10 bits per heavy atom. The Bertz CT molecular complexity index is 540. The molecule has 6 heteroatoms. The van der Waals surface area contributed by atoms with E-state index in [4.69, 9.17) is 0 Å². The molecule has 2 N–H and O–H groups in total. The van der Waals surface area contributed by atoms with Crippen LogP contribution in [0.5, 0.6) is 0 Å². The summed E-state index contributed by atoms with van der Waals surface area (Å²) in [5.41, 5.74) is 0. The molecule has 0 atom stereocenters. The molecule has 0 radical (unpaired) electrons. The van der Waals surface area contributed by atoms with E-state index in [0.717, 1.165) is 4.47 Å². The largest absolute Gasteiger partial charge is 0.313 e. The van der Waals surface area contributed by atoms with Crippen molar-refractivity contribution in [2.75, 3.05) is 13.1 Å². The molecule has 1 fully saturated rings. The summed E-state index contributed by atoms with van der Waals surface area (Å²) in [5, 5.41) is 3.46. The smallest absolute Gasteiger partial charge is 0.240 e. The highest BCUT2D eigenvalue weighted by molar-refractivity contribution is 9.10. The molecule has 0 saturated heterocycles. The first-order valence-electron chi connectivity index (χ1n) is 7.56. The molecule has 1 saturated carbocycles. The van der Waals surface area contributed by atoms with Crippen LogP contribution in [0.15, 0.2) is 33.6 Å². The van der Waals surface area contributed by atoms with Crippen LogP contribution in [0.2, 0.25) is 0 Å². The fourth-order valence-corrected chi connectivity index (χ4v) is 4.29. The molecule has 0 aliphatic heterocycles. The van der Waals surface area contributed by atoms with Gasteiger partial charge < -0.3 is 5.32 Å². The summed E-state index contributed by atoms with van der Waals surface area (Å²) < 4.78 is 27.7. The predicted molar refractivity (Wildman–Crippen MR) is 88.8 cm³/mol. The second-order valence-corrected chi connectivity index (χ2v) is 8.18. The number of nitrogens with one attached hydrogen (secondary N) is 2. The number of benzene rings is 1. The Morgan fingerprint density at radius 3 is 2.48 bits per heavy atom. The third kappa shape index (κ3) is 5.70. The third-order valence-electron chi connectivity index (χ3n) is 3.81. The van der Waals surface area contributed by atoms with E-state index in [1.807, 2.05) is 6.07 Å². The van der Waals surface area contributed by atoms with Crippen LogP contribution < -0.4 is 10.0 Å². The Morgan fingerprint density at radius 2 is 1.81 bits per heavy atom. The summed E-state index contributed by atoms with van der Waals surface area (Å²) in [6.07, 6.45) is 7.63. The topological polar surface area (TPSA) is 58.2 Å². The van der Waals surface area contributed by atoms with Gasteiger partial charge in [-0.2, -0.15) is 0 Å². The summed E-state index contributed by atoms with van der Waals surface area (Å²) in [4.78, 5) is 0.298. The lowest BCUT2D eigenvalue weighted by Gasteiger charge is -2.16. The molecule has 0 amide bonds. The molecule has 118 valence electrons. The van der Waals surface area contributed by atoms with Gasteiger partial charge in [0.2, 0.25) is 10.0 Å². The van der Waals surface area contributed by atoms with Gasteiger partial charge in [0.25, 0.3) is 0 Å². The molecule has 0 spiro atoms. The molecule has 0 unspecified atom stereocenters. The van der Waals surface area contributed by atoms with Crippen molar-refractivity contribution in [1.82, 2.24) is 10.0 Å². The molecule has 1 aliphatic carbocycles. The van der Waals surface area contributed by atoms with Gasteiger partial charge >= 0.3 is 0 Å². The zero-order valence-electron chi connectivity index (χ0n) is 12.1. The number of rotatable bonds is 6. The van der Waals surface area contributed by atoms with Crippen molar-refractivity contribution in [2.24, 2.45) is 0 Å². The summed E-state index contributed by atoms with van der Waals surface area (Å²) >= 11 is 3.29. The van der Waals surface area contributed by atoms with E-state index < -0.39 is 10.0 Å². The SMILES string of the molecule is O=S(=O)(NCCNC1CCCCCC1)c1cccc(Br)c1. The van der Waals surface area contributed by atoms with E-state index in [9.17, 15) is 8.42 Å². The van der Waals surface area contributed by atoms with Gasteiger partial charge in [0.05, 0.1) is 4.90 Å². The zero-order chi connectivity index (χ0) is 15.1. The molecule has 4 nitrogen and oxygen atoms in total.